The summed E-state index contributed by atoms with van der Waals surface area (Å²) in [5.74, 6) is -1.02. The van der Waals surface area contributed by atoms with Crippen LogP contribution in [0.25, 0.3) is 10.4 Å². The number of rotatable bonds is 8. The Morgan fingerprint density at radius 1 is 1.14 bits per heavy atom. The van der Waals surface area contributed by atoms with Crippen molar-refractivity contribution in [2.45, 2.75) is 11.1 Å². The van der Waals surface area contributed by atoms with Crippen molar-refractivity contribution < 1.29 is 36.2 Å². The SMILES string of the molecule is CS(=O)(=O)c1cccc(-c2ccc(C(/C=C(\N)C(F)(F)F)=Nc3cccc(OCC(=O)O)c3)s2)c1. The van der Waals surface area contributed by atoms with Gasteiger partial charge in [0.25, 0.3) is 0 Å². The number of nitrogens with zero attached hydrogens (tertiary/aromatic N) is 1. The first kappa shape index (κ1) is 26.0. The van der Waals surface area contributed by atoms with E-state index in [1.165, 1.54) is 36.4 Å². The lowest BCUT2D eigenvalue weighted by Crippen LogP contribution is -2.20. The second-order valence-electron chi connectivity index (χ2n) is 7.24. The van der Waals surface area contributed by atoms with Crippen molar-refractivity contribution in [3.05, 3.63) is 77.3 Å². The van der Waals surface area contributed by atoms with E-state index < -0.39 is 34.3 Å². The van der Waals surface area contributed by atoms with Gasteiger partial charge in [0.2, 0.25) is 0 Å². The third-order valence-corrected chi connectivity index (χ3v) is 6.72. The number of allylic oxidation sites excluding steroid dienone is 2. The summed E-state index contributed by atoms with van der Waals surface area (Å²) < 4.78 is 68.3. The highest BCUT2D eigenvalue weighted by molar-refractivity contribution is 7.90. The van der Waals surface area contributed by atoms with Crippen molar-refractivity contribution in [1.82, 2.24) is 0 Å². The van der Waals surface area contributed by atoms with Crippen LogP contribution in [0.1, 0.15) is 4.88 Å². The molecule has 0 bridgehead atoms. The molecule has 3 rings (SSSR count). The van der Waals surface area contributed by atoms with E-state index in [1.54, 1.807) is 24.3 Å². The second kappa shape index (κ2) is 10.3. The molecule has 0 unspecified atom stereocenters. The van der Waals surface area contributed by atoms with Crippen LogP contribution in [0.5, 0.6) is 5.75 Å². The molecule has 0 aliphatic rings. The van der Waals surface area contributed by atoms with E-state index in [1.807, 2.05) is 0 Å². The van der Waals surface area contributed by atoms with Crippen LogP contribution in [-0.2, 0) is 14.6 Å². The maximum Gasteiger partial charge on any atom is 0.430 e. The molecule has 35 heavy (non-hydrogen) atoms. The smallest absolute Gasteiger partial charge is 0.430 e. The molecule has 0 amide bonds. The highest BCUT2D eigenvalue weighted by atomic mass is 32.2. The zero-order valence-corrected chi connectivity index (χ0v) is 19.7. The van der Waals surface area contributed by atoms with Crippen molar-refractivity contribution in [2.75, 3.05) is 12.9 Å². The summed E-state index contributed by atoms with van der Waals surface area (Å²) in [4.78, 5) is 16.1. The lowest BCUT2D eigenvalue weighted by atomic mass is 10.2. The Morgan fingerprint density at radius 3 is 2.51 bits per heavy atom. The fraction of sp³-hybridized carbons (Fsp3) is 0.130. The molecular formula is C23H19F3N2O5S2. The molecule has 3 aromatic rings. The number of thiophene rings is 1. The van der Waals surface area contributed by atoms with Crippen LogP contribution in [0.4, 0.5) is 18.9 Å². The molecule has 0 fully saturated rings. The lowest BCUT2D eigenvalue weighted by Gasteiger charge is -2.08. The Morgan fingerprint density at radius 2 is 1.86 bits per heavy atom. The van der Waals surface area contributed by atoms with Crippen LogP contribution in [0.3, 0.4) is 0 Å². The predicted molar refractivity (Wildman–Crippen MR) is 127 cm³/mol. The van der Waals surface area contributed by atoms with E-state index in [9.17, 15) is 26.4 Å². The average Bonchev–Trinajstić information content (AvgIpc) is 3.27. The molecule has 1 heterocycles. The summed E-state index contributed by atoms with van der Waals surface area (Å²) >= 11 is 1.10. The van der Waals surface area contributed by atoms with Crippen LogP contribution in [-0.4, -0.2) is 44.2 Å². The van der Waals surface area contributed by atoms with Crippen molar-refractivity contribution in [3.63, 3.8) is 0 Å². The Kier molecular flexibility index (Phi) is 7.66. The number of nitrogens with two attached hydrogens (primary N) is 1. The number of sulfone groups is 1. The monoisotopic (exact) mass is 524 g/mol. The van der Waals surface area contributed by atoms with Gasteiger partial charge < -0.3 is 15.6 Å². The van der Waals surface area contributed by atoms with Gasteiger partial charge in [0.1, 0.15) is 11.4 Å². The van der Waals surface area contributed by atoms with E-state index in [0.717, 1.165) is 17.6 Å². The van der Waals surface area contributed by atoms with Crippen molar-refractivity contribution in [1.29, 1.82) is 0 Å². The summed E-state index contributed by atoms with van der Waals surface area (Å²) in [7, 11) is -3.45. The van der Waals surface area contributed by atoms with E-state index in [-0.39, 0.29) is 22.0 Å². The van der Waals surface area contributed by atoms with Crippen molar-refractivity contribution in [2.24, 2.45) is 10.7 Å². The third-order valence-electron chi connectivity index (χ3n) is 4.45. The Balaban J connectivity index is 2.05. The number of aliphatic carboxylic acids is 1. The zero-order valence-electron chi connectivity index (χ0n) is 18.1. The van der Waals surface area contributed by atoms with Gasteiger partial charge >= 0.3 is 12.1 Å². The van der Waals surface area contributed by atoms with Gasteiger partial charge in [-0.1, -0.05) is 18.2 Å². The highest BCUT2D eigenvalue weighted by Crippen LogP contribution is 2.32. The topological polar surface area (TPSA) is 119 Å². The minimum Gasteiger partial charge on any atom is -0.482 e. The zero-order chi connectivity index (χ0) is 25.8. The fourth-order valence-electron chi connectivity index (χ4n) is 2.83. The molecule has 1 aromatic heterocycles. The van der Waals surface area contributed by atoms with Gasteiger partial charge in [0.15, 0.2) is 16.4 Å². The molecule has 0 aliphatic heterocycles. The molecule has 12 heteroatoms. The first-order valence-corrected chi connectivity index (χ1v) is 12.5. The number of hydrogen-bond donors (Lipinski definition) is 2. The van der Waals surface area contributed by atoms with Crippen LogP contribution >= 0.6 is 11.3 Å². The summed E-state index contributed by atoms with van der Waals surface area (Å²) in [6, 6.07) is 15.3. The van der Waals surface area contributed by atoms with Crippen LogP contribution < -0.4 is 10.5 Å². The van der Waals surface area contributed by atoms with Crippen LogP contribution in [0.15, 0.2) is 82.3 Å². The van der Waals surface area contributed by atoms with E-state index >= 15 is 0 Å². The predicted octanol–water partition coefficient (Wildman–Crippen LogP) is 4.81. The summed E-state index contributed by atoms with van der Waals surface area (Å²) in [6.45, 7) is -0.595. The molecule has 0 aliphatic carbocycles. The first-order valence-electron chi connectivity index (χ1n) is 9.81. The molecule has 184 valence electrons. The van der Waals surface area contributed by atoms with E-state index in [4.69, 9.17) is 15.6 Å². The number of carbonyl (C=O) groups is 1. The van der Waals surface area contributed by atoms with Crippen LogP contribution in [0, 0.1) is 0 Å². The second-order valence-corrected chi connectivity index (χ2v) is 10.3. The Labute approximate surface area is 202 Å². The van der Waals surface area contributed by atoms with Crippen molar-refractivity contribution >= 4 is 38.5 Å². The normalized spacial score (nSPS) is 13.0. The molecule has 3 N–H and O–H groups in total. The molecule has 0 spiro atoms. The highest BCUT2D eigenvalue weighted by Gasteiger charge is 2.32. The molecular weight excluding hydrogens is 505 g/mol. The number of carboxylic acids is 1. The molecule has 0 radical (unpaired) electrons. The number of aliphatic imine (C=N–C) groups is 1. The van der Waals surface area contributed by atoms with Gasteiger partial charge in [-0.05, 0) is 48.0 Å². The van der Waals surface area contributed by atoms with E-state index in [0.29, 0.717) is 21.4 Å². The molecule has 0 saturated heterocycles. The molecule has 0 saturated carbocycles. The standard InChI is InChI=1S/C23H19F3N2O5S2/c1-35(31,32)17-7-2-4-14(10-17)19-8-9-20(34-19)18(12-21(27)23(24,25)26)28-15-5-3-6-16(11-15)33-13-22(29)30/h2-12H,13,27H2,1H3,(H,29,30)/b21-12-,28-18?. The number of benzene rings is 2. The summed E-state index contributed by atoms with van der Waals surface area (Å²) in [5, 5.41) is 8.76. The van der Waals surface area contributed by atoms with Gasteiger partial charge in [-0.2, -0.15) is 13.2 Å². The summed E-state index contributed by atoms with van der Waals surface area (Å²) in [5.41, 5.74) is 4.57. The lowest BCUT2D eigenvalue weighted by molar-refractivity contribution is -0.139. The largest absolute Gasteiger partial charge is 0.482 e. The number of hydrogen-bond acceptors (Lipinski definition) is 7. The van der Waals surface area contributed by atoms with Gasteiger partial charge in [0, 0.05) is 17.2 Å². The third kappa shape index (κ3) is 7.17. The van der Waals surface area contributed by atoms with Gasteiger partial charge in [-0.3, -0.25) is 0 Å². The molecule has 0 atom stereocenters. The maximum absolute atomic E-state index is 13.2. The Bertz CT molecular complexity index is 1410. The van der Waals surface area contributed by atoms with Gasteiger partial charge in [-0.15, -0.1) is 11.3 Å². The average molecular weight is 525 g/mol. The maximum atomic E-state index is 13.2. The summed E-state index contributed by atoms with van der Waals surface area (Å²) in [6.07, 6.45) is -3.00. The van der Waals surface area contributed by atoms with Gasteiger partial charge in [0.05, 0.1) is 21.2 Å². The number of halogens is 3. The Hall–Kier alpha value is -3.64. The number of alkyl halides is 3. The number of ether oxygens (including phenoxy) is 1. The molecule has 2 aromatic carbocycles. The fourth-order valence-corrected chi connectivity index (χ4v) is 4.46. The minimum absolute atomic E-state index is 0.0919. The van der Waals surface area contributed by atoms with Gasteiger partial charge in [-0.25, -0.2) is 18.2 Å². The minimum atomic E-state index is -4.78. The quantitative estimate of drug-likeness (QED) is 0.409. The van der Waals surface area contributed by atoms with E-state index in [2.05, 4.69) is 4.99 Å². The van der Waals surface area contributed by atoms with Crippen molar-refractivity contribution in [3.8, 4) is 16.2 Å². The number of carboxylic acid groups (broad SMARTS) is 1. The molecule has 7 nitrogen and oxygen atoms in total. The first-order chi connectivity index (χ1) is 16.3. The van der Waals surface area contributed by atoms with Crippen LogP contribution in [0.2, 0.25) is 0 Å².